The van der Waals surface area contributed by atoms with Gasteiger partial charge in [0.15, 0.2) is 5.78 Å². The predicted octanol–water partition coefficient (Wildman–Crippen LogP) is 6.01. The first kappa shape index (κ1) is 21.6. The number of aromatic nitrogens is 2. The lowest BCUT2D eigenvalue weighted by atomic mass is 9.50. The lowest BCUT2D eigenvalue weighted by Gasteiger charge is -2.54. The van der Waals surface area contributed by atoms with Crippen LogP contribution in [0.25, 0.3) is 0 Å². The third-order valence-electron chi connectivity index (χ3n) is 9.40. The molecule has 3 fully saturated rings. The molecule has 30 heavy (non-hydrogen) atoms. The Morgan fingerprint density at radius 2 is 2.07 bits per heavy atom. The van der Waals surface area contributed by atoms with E-state index in [4.69, 9.17) is 5.26 Å². The molecule has 0 aliphatic heterocycles. The minimum Gasteiger partial charge on any atom is -0.297 e. The Labute approximate surface area is 182 Å². The average Bonchev–Trinajstić information content (AvgIpc) is 3.35. The predicted molar refractivity (Wildman–Crippen MR) is 119 cm³/mol. The molecule has 0 aromatic carbocycles. The normalized spacial score (nSPS) is 37.9. The first-order chi connectivity index (χ1) is 14.5. The molecule has 3 saturated carbocycles. The van der Waals surface area contributed by atoms with Gasteiger partial charge >= 0.3 is 0 Å². The van der Waals surface area contributed by atoms with Gasteiger partial charge in [0.1, 0.15) is 6.07 Å². The molecular weight excluding hydrogens is 370 g/mol. The van der Waals surface area contributed by atoms with Gasteiger partial charge in [-0.05, 0) is 80.0 Å². The molecule has 1 heterocycles. The molecule has 0 bridgehead atoms. The van der Waals surface area contributed by atoms with Crippen LogP contribution in [-0.2, 0) is 11.3 Å². The number of carbonyl (C=O) groups excluding carboxylic acids is 1. The van der Waals surface area contributed by atoms with Gasteiger partial charge in [-0.15, -0.1) is 0 Å². The van der Waals surface area contributed by atoms with Gasteiger partial charge in [-0.1, -0.05) is 40.0 Å². The van der Waals surface area contributed by atoms with Crippen LogP contribution >= 0.6 is 0 Å². The summed E-state index contributed by atoms with van der Waals surface area (Å²) in [6.07, 6.45) is 16.3. The second-order valence-corrected chi connectivity index (χ2v) is 10.7. The van der Waals surface area contributed by atoms with E-state index >= 15 is 0 Å². The third-order valence-corrected chi connectivity index (χ3v) is 9.40. The zero-order valence-electron chi connectivity index (χ0n) is 19.1. The highest BCUT2D eigenvalue weighted by molar-refractivity contribution is 5.82. The fourth-order valence-electron chi connectivity index (χ4n) is 7.94. The molecule has 0 N–H and O–H groups in total. The molecule has 1 aromatic heterocycles. The number of hydrogen-bond donors (Lipinski definition) is 0. The maximum atomic E-state index is 13.3. The van der Waals surface area contributed by atoms with Crippen molar-refractivity contribution in [3.63, 3.8) is 0 Å². The van der Waals surface area contributed by atoms with E-state index in [0.717, 1.165) is 36.0 Å². The molecule has 1 aromatic rings. The van der Waals surface area contributed by atoms with Gasteiger partial charge in [0.2, 0.25) is 0 Å². The van der Waals surface area contributed by atoms with E-state index in [-0.39, 0.29) is 11.3 Å². The Morgan fingerprint density at radius 3 is 2.77 bits per heavy atom. The standard InChI is InChI=1S/C26H39N3O/c1-4-6-7-20-19(5-2)8-9-22-21(20)12-13-26(3)23(22)10-11-24(26)25(30)17-29-16-18(14-27)15-28-29/h15-16,19-24H,4-13,17H2,1-3H3/t19?,20?,21-,22-,23+,24-,26+/m1/s1. The van der Waals surface area contributed by atoms with Crippen LogP contribution < -0.4 is 0 Å². The first-order valence-corrected chi connectivity index (χ1v) is 12.5. The molecule has 0 saturated heterocycles. The number of Topliss-reactive ketones (excluding diaryl/α,β-unsaturated/α-hetero) is 1. The van der Waals surface area contributed by atoms with Gasteiger partial charge in [0.25, 0.3) is 0 Å². The summed E-state index contributed by atoms with van der Waals surface area (Å²) in [6.45, 7) is 7.47. The molecular formula is C26H39N3O. The largest absolute Gasteiger partial charge is 0.297 e. The number of rotatable bonds is 7. The van der Waals surface area contributed by atoms with Crippen LogP contribution in [0.15, 0.2) is 12.4 Å². The minimum absolute atomic E-state index is 0.163. The monoisotopic (exact) mass is 409 g/mol. The van der Waals surface area contributed by atoms with Crippen molar-refractivity contribution in [1.29, 1.82) is 5.26 Å². The van der Waals surface area contributed by atoms with Gasteiger partial charge < -0.3 is 0 Å². The van der Waals surface area contributed by atoms with Gasteiger partial charge in [-0.3, -0.25) is 9.48 Å². The SMILES string of the molecule is CCCCC1C(CC)CC[C@@H]2[C@@H]1CC[C@]1(C)[C@@H](C(=O)Cn3cc(C#N)cn3)CC[C@@H]21. The average molecular weight is 410 g/mol. The van der Waals surface area contributed by atoms with Crippen LogP contribution in [0, 0.1) is 52.3 Å². The topological polar surface area (TPSA) is 58.7 Å². The number of unbranched alkanes of at least 4 members (excludes halogenated alkanes) is 1. The number of carbonyl (C=O) groups is 1. The zero-order chi connectivity index (χ0) is 21.3. The first-order valence-electron chi connectivity index (χ1n) is 12.5. The summed E-state index contributed by atoms with van der Waals surface area (Å²) in [4.78, 5) is 13.3. The molecule has 4 heteroatoms. The van der Waals surface area contributed by atoms with Gasteiger partial charge in [0.05, 0.1) is 18.3 Å². The third kappa shape index (κ3) is 3.74. The van der Waals surface area contributed by atoms with E-state index in [2.05, 4.69) is 31.9 Å². The van der Waals surface area contributed by atoms with Crippen LogP contribution in [0.1, 0.15) is 90.5 Å². The van der Waals surface area contributed by atoms with Gasteiger partial charge in [-0.25, -0.2) is 0 Å². The van der Waals surface area contributed by atoms with E-state index < -0.39 is 0 Å². The highest BCUT2D eigenvalue weighted by atomic mass is 16.1. The van der Waals surface area contributed by atoms with Crippen LogP contribution in [-0.4, -0.2) is 15.6 Å². The van der Waals surface area contributed by atoms with Crippen molar-refractivity contribution in [3.8, 4) is 6.07 Å². The lowest BCUT2D eigenvalue weighted by molar-refractivity contribution is -0.130. The van der Waals surface area contributed by atoms with Crippen molar-refractivity contribution in [2.45, 2.75) is 91.5 Å². The van der Waals surface area contributed by atoms with Crippen molar-refractivity contribution in [3.05, 3.63) is 18.0 Å². The second-order valence-electron chi connectivity index (χ2n) is 10.7. The Balaban J connectivity index is 1.49. The fourth-order valence-corrected chi connectivity index (χ4v) is 7.94. The molecule has 4 rings (SSSR count). The van der Waals surface area contributed by atoms with E-state index in [1.54, 1.807) is 17.1 Å². The van der Waals surface area contributed by atoms with E-state index in [1.807, 2.05) is 0 Å². The molecule has 0 amide bonds. The second kappa shape index (κ2) is 8.85. The van der Waals surface area contributed by atoms with Crippen molar-refractivity contribution in [2.24, 2.45) is 40.9 Å². The molecule has 3 aliphatic rings. The highest BCUT2D eigenvalue weighted by Gasteiger charge is 2.57. The maximum absolute atomic E-state index is 13.3. The Hall–Kier alpha value is -1.63. The van der Waals surface area contributed by atoms with E-state index in [0.29, 0.717) is 17.9 Å². The van der Waals surface area contributed by atoms with Crippen LogP contribution in [0.3, 0.4) is 0 Å². The fraction of sp³-hybridized carbons (Fsp3) is 0.808. The number of nitrogens with zero attached hydrogens (tertiary/aromatic N) is 3. The van der Waals surface area contributed by atoms with E-state index in [9.17, 15) is 4.79 Å². The van der Waals surface area contributed by atoms with Crippen molar-refractivity contribution < 1.29 is 4.79 Å². The number of hydrogen-bond acceptors (Lipinski definition) is 3. The molecule has 4 nitrogen and oxygen atoms in total. The van der Waals surface area contributed by atoms with Gasteiger partial charge in [0, 0.05) is 12.1 Å². The van der Waals surface area contributed by atoms with Crippen molar-refractivity contribution in [1.82, 2.24) is 9.78 Å². The zero-order valence-corrected chi connectivity index (χ0v) is 19.1. The number of ketones is 1. The van der Waals surface area contributed by atoms with Crippen LogP contribution in [0.2, 0.25) is 0 Å². The summed E-state index contributed by atoms with van der Waals surface area (Å²) in [5, 5.41) is 13.2. The smallest absolute Gasteiger partial charge is 0.157 e. The lowest BCUT2D eigenvalue weighted by Crippen LogP contribution is -2.48. The summed E-state index contributed by atoms with van der Waals surface area (Å²) in [6, 6.07) is 2.11. The minimum atomic E-state index is 0.163. The molecule has 0 radical (unpaired) electrons. The summed E-state index contributed by atoms with van der Waals surface area (Å²) in [5.41, 5.74) is 0.697. The molecule has 0 spiro atoms. The maximum Gasteiger partial charge on any atom is 0.157 e. The summed E-state index contributed by atoms with van der Waals surface area (Å²) >= 11 is 0. The number of nitriles is 1. The van der Waals surface area contributed by atoms with Crippen molar-refractivity contribution >= 4 is 5.78 Å². The summed E-state index contributed by atoms with van der Waals surface area (Å²) < 4.78 is 1.66. The quantitative estimate of drug-likeness (QED) is 0.554. The Morgan fingerprint density at radius 1 is 1.23 bits per heavy atom. The molecule has 2 unspecified atom stereocenters. The molecule has 164 valence electrons. The van der Waals surface area contributed by atoms with Gasteiger partial charge in [-0.2, -0.15) is 10.4 Å². The molecule has 7 atom stereocenters. The Kier molecular flexibility index (Phi) is 6.37. The van der Waals surface area contributed by atoms with Crippen LogP contribution in [0.5, 0.6) is 0 Å². The molecule has 3 aliphatic carbocycles. The van der Waals surface area contributed by atoms with Crippen molar-refractivity contribution in [2.75, 3.05) is 0 Å². The summed E-state index contributed by atoms with van der Waals surface area (Å²) in [5.74, 6) is 4.79. The van der Waals surface area contributed by atoms with E-state index in [1.165, 1.54) is 57.8 Å². The Bertz CT molecular complexity index is 792. The number of fused-ring (bicyclic) bond motifs is 3. The summed E-state index contributed by atoms with van der Waals surface area (Å²) in [7, 11) is 0. The van der Waals surface area contributed by atoms with Crippen LogP contribution in [0.4, 0.5) is 0 Å². The highest BCUT2D eigenvalue weighted by Crippen LogP contribution is 2.63.